The molecule has 0 aromatic carbocycles. The largest absolute Gasteiger partial charge is 0.369 e. The molecule has 0 bridgehead atoms. The number of nitrogens with two attached hydrogens (primary N) is 1. The summed E-state index contributed by atoms with van der Waals surface area (Å²) in [5.74, 6) is -0.321. The Morgan fingerprint density at radius 1 is 1.83 bits per heavy atom. The van der Waals surface area contributed by atoms with Gasteiger partial charge in [-0.3, -0.25) is 4.79 Å². The van der Waals surface area contributed by atoms with Crippen molar-refractivity contribution in [1.82, 2.24) is 5.32 Å². The maximum absolute atomic E-state index is 10.4. The first-order chi connectivity index (χ1) is 5.70. The summed E-state index contributed by atoms with van der Waals surface area (Å²) in [5.41, 5.74) is 5.00. The molecule has 1 amide bonds. The van der Waals surface area contributed by atoms with Crippen molar-refractivity contribution in [3.8, 4) is 0 Å². The smallest absolute Gasteiger partial charge is 0.231 e. The lowest BCUT2D eigenvalue weighted by atomic mass is 10.3. The van der Waals surface area contributed by atoms with Gasteiger partial charge in [-0.15, -0.1) is 11.3 Å². The van der Waals surface area contributed by atoms with Crippen LogP contribution in [0.4, 0.5) is 0 Å². The van der Waals surface area contributed by atoms with Crippen LogP contribution in [0.15, 0.2) is 17.5 Å². The van der Waals surface area contributed by atoms with Crippen LogP contribution < -0.4 is 11.1 Å². The second-order valence-corrected chi connectivity index (χ2v) is 3.56. The van der Waals surface area contributed by atoms with Crippen molar-refractivity contribution in [2.75, 3.05) is 6.54 Å². The van der Waals surface area contributed by atoms with Crippen molar-refractivity contribution in [3.05, 3.63) is 22.4 Å². The van der Waals surface area contributed by atoms with Crippen LogP contribution in [-0.4, -0.2) is 12.5 Å². The lowest BCUT2D eigenvalue weighted by Gasteiger charge is -2.09. The van der Waals surface area contributed by atoms with Gasteiger partial charge in [-0.05, 0) is 18.4 Å². The minimum Gasteiger partial charge on any atom is -0.369 e. The number of hydrogen-bond acceptors (Lipinski definition) is 3. The molecule has 0 spiro atoms. The summed E-state index contributed by atoms with van der Waals surface area (Å²) in [6.45, 7) is 2.24. The van der Waals surface area contributed by atoms with E-state index in [0.717, 1.165) is 0 Å². The zero-order valence-electron chi connectivity index (χ0n) is 6.91. The van der Waals surface area contributed by atoms with Crippen LogP contribution in [0.5, 0.6) is 0 Å². The molecule has 1 atom stereocenters. The highest BCUT2D eigenvalue weighted by atomic mass is 32.1. The molecule has 3 nitrogen and oxygen atoms in total. The molecule has 0 radical (unpaired) electrons. The van der Waals surface area contributed by atoms with E-state index in [0.29, 0.717) is 0 Å². The lowest BCUT2D eigenvalue weighted by Crippen LogP contribution is -2.30. The predicted octanol–water partition coefficient (Wildman–Crippen LogP) is 0.884. The van der Waals surface area contributed by atoms with E-state index in [-0.39, 0.29) is 18.5 Å². The average Bonchev–Trinajstić information content (AvgIpc) is 2.51. The van der Waals surface area contributed by atoms with Gasteiger partial charge in [0.25, 0.3) is 0 Å². The molecule has 4 heteroatoms. The van der Waals surface area contributed by atoms with Gasteiger partial charge in [0.15, 0.2) is 0 Å². The molecule has 0 unspecified atom stereocenters. The van der Waals surface area contributed by atoms with Crippen LogP contribution >= 0.6 is 11.3 Å². The number of thiophene rings is 1. The monoisotopic (exact) mass is 184 g/mol. The standard InChI is InChI=1S/C8H12N2OS/c1-6(10-5-8(9)11)7-3-2-4-12-7/h2-4,6,10H,5H2,1H3,(H2,9,11)/t6-/m0/s1. The summed E-state index contributed by atoms with van der Waals surface area (Å²) in [5, 5.41) is 5.03. The van der Waals surface area contributed by atoms with Crippen molar-refractivity contribution >= 4 is 17.2 Å². The molecular weight excluding hydrogens is 172 g/mol. The molecule has 66 valence electrons. The van der Waals surface area contributed by atoms with Crippen molar-refractivity contribution < 1.29 is 4.79 Å². The highest BCUT2D eigenvalue weighted by Gasteiger charge is 2.05. The summed E-state index contributed by atoms with van der Waals surface area (Å²) in [6, 6.07) is 4.23. The number of carbonyl (C=O) groups excluding carboxylic acids is 1. The molecular formula is C8H12N2OS. The fourth-order valence-electron chi connectivity index (χ4n) is 0.892. The van der Waals surface area contributed by atoms with Crippen LogP contribution in [0.2, 0.25) is 0 Å². The van der Waals surface area contributed by atoms with E-state index in [1.807, 2.05) is 24.4 Å². The Morgan fingerprint density at radius 2 is 2.58 bits per heavy atom. The summed E-state index contributed by atoms with van der Waals surface area (Å²) in [7, 11) is 0. The molecule has 0 saturated carbocycles. The topological polar surface area (TPSA) is 55.1 Å². The lowest BCUT2D eigenvalue weighted by molar-refractivity contribution is -0.117. The summed E-state index contributed by atoms with van der Waals surface area (Å²) >= 11 is 1.67. The third-order valence-electron chi connectivity index (χ3n) is 1.55. The minimum absolute atomic E-state index is 0.206. The van der Waals surface area contributed by atoms with Crippen LogP contribution in [0.25, 0.3) is 0 Å². The molecule has 1 rings (SSSR count). The number of carbonyl (C=O) groups is 1. The van der Waals surface area contributed by atoms with E-state index < -0.39 is 0 Å². The van der Waals surface area contributed by atoms with Crippen molar-refractivity contribution in [1.29, 1.82) is 0 Å². The number of hydrogen-bond donors (Lipinski definition) is 2. The number of primary amides is 1. The fourth-order valence-corrected chi connectivity index (χ4v) is 1.65. The first-order valence-corrected chi connectivity index (χ1v) is 4.63. The van der Waals surface area contributed by atoms with E-state index in [4.69, 9.17) is 5.73 Å². The van der Waals surface area contributed by atoms with Gasteiger partial charge in [-0.25, -0.2) is 0 Å². The molecule has 0 aliphatic rings. The predicted molar refractivity (Wildman–Crippen MR) is 49.9 cm³/mol. The molecule has 0 fully saturated rings. The maximum atomic E-state index is 10.4. The number of nitrogens with one attached hydrogen (secondary N) is 1. The molecule has 12 heavy (non-hydrogen) atoms. The highest BCUT2D eigenvalue weighted by Crippen LogP contribution is 2.17. The zero-order valence-corrected chi connectivity index (χ0v) is 7.73. The maximum Gasteiger partial charge on any atom is 0.231 e. The van der Waals surface area contributed by atoms with Gasteiger partial charge in [0.1, 0.15) is 0 Å². The van der Waals surface area contributed by atoms with E-state index in [1.165, 1.54) is 4.88 Å². The van der Waals surface area contributed by atoms with Gasteiger partial charge in [-0.2, -0.15) is 0 Å². The van der Waals surface area contributed by atoms with Gasteiger partial charge in [0.2, 0.25) is 5.91 Å². The van der Waals surface area contributed by atoms with Crippen LogP contribution in [0, 0.1) is 0 Å². The Bertz CT molecular complexity index is 246. The van der Waals surface area contributed by atoms with Crippen LogP contribution in [-0.2, 0) is 4.79 Å². The first kappa shape index (κ1) is 9.22. The first-order valence-electron chi connectivity index (χ1n) is 3.75. The Labute approximate surface area is 75.6 Å². The molecule has 1 aromatic rings. The van der Waals surface area contributed by atoms with Gasteiger partial charge >= 0.3 is 0 Å². The van der Waals surface area contributed by atoms with E-state index >= 15 is 0 Å². The van der Waals surface area contributed by atoms with Crippen molar-refractivity contribution in [3.63, 3.8) is 0 Å². The Kier molecular flexibility index (Phi) is 3.25. The zero-order chi connectivity index (χ0) is 8.97. The summed E-state index contributed by atoms with van der Waals surface area (Å²) < 4.78 is 0. The SMILES string of the molecule is C[C@H](NCC(N)=O)c1cccs1. The van der Waals surface area contributed by atoms with Crippen molar-refractivity contribution in [2.24, 2.45) is 5.73 Å². The Balaban J connectivity index is 2.39. The molecule has 1 aromatic heterocycles. The molecule has 0 aliphatic heterocycles. The fraction of sp³-hybridized carbons (Fsp3) is 0.375. The van der Waals surface area contributed by atoms with Gasteiger partial charge in [-0.1, -0.05) is 6.07 Å². The third-order valence-corrected chi connectivity index (χ3v) is 2.61. The van der Waals surface area contributed by atoms with Gasteiger partial charge in [0.05, 0.1) is 6.54 Å². The summed E-state index contributed by atoms with van der Waals surface area (Å²) in [4.78, 5) is 11.7. The summed E-state index contributed by atoms with van der Waals surface area (Å²) in [6.07, 6.45) is 0. The van der Waals surface area contributed by atoms with E-state index in [9.17, 15) is 4.79 Å². The van der Waals surface area contributed by atoms with E-state index in [1.54, 1.807) is 11.3 Å². The molecule has 0 saturated heterocycles. The van der Waals surface area contributed by atoms with Crippen LogP contribution in [0.3, 0.4) is 0 Å². The van der Waals surface area contributed by atoms with Crippen molar-refractivity contribution in [2.45, 2.75) is 13.0 Å². The average molecular weight is 184 g/mol. The molecule has 0 aliphatic carbocycles. The number of amides is 1. The minimum atomic E-state index is -0.321. The normalized spacial score (nSPS) is 12.8. The van der Waals surface area contributed by atoms with Crippen LogP contribution in [0.1, 0.15) is 17.8 Å². The highest BCUT2D eigenvalue weighted by molar-refractivity contribution is 7.10. The van der Waals surface area contributed by atoms with Gasteiger partial charge in [0, 0.05) is 10.9 Å². The molecule has 1 heterocycles. The molecule has 3 N–H and O–H groups in total. The second kappa shape index (κ2) is 4.23. The van der Waals surface area contributed by atoms with E-state index in [2.05, 4.69) is 5.32 Å². The second-order valence-electron chi connectivity index (χ2n) is 2.58. The van der Waals surface area contributed by atoms with Gasteiger partial charge < -0.3 is 11.1 Å². The Hall–Kier alpha value is -0.870. The number of rotatable bonds is 4. The third kappa shape index (κ3) is 2.64. The quantitative estimate of drug-likeness (QED) is 0.730. The Morgan fingerprint density at radius 3 is 3.08 bits per heavy atom.